The lowest BCUT2D eigenvalue weighted by Gasteiger charge is -2.15. The minimum atomic E-state index is -4.61. The first-order chi connectivity index (χ1) is 14.3. The molecule has 4 aromatic rings. The van der Waals surface area contributed by atoms with E-state index in [9.17, 15) is 22.4 Å². The van der Waals surface area contributed by atoms with Gasteiger partial charge in [0.2, 0.25) is 0 Å². The highest BCUT2D eigenvalue weighted by molar-refractivity contribution is 6.31. The molecular weight excluding hydrogens is 418 g/mol. The van der Waals surface area contributed by atoms with E-state index in [-0.39, 0.29) is 27.1 Å². The highest BCUT2D eigenvalue weighted by Crippen LogP contribution is 2.39. The van der Waals surface area contributed by atoms with Crippen LogP contribution in [0.1, 0.15) is 21.5 Å². The van der Waals surface area contributed by atoms with Crippen molar-refractivity contribution in [2.24, 2.45) is 0 Å². The summed E-state index contributed by atoms with van der Waals surface area (Å²) in [6.45, 7) is 0. The second-order valence-corrected chi connectivity index (χ2v) is 6.98. The Balaban J connectivity index is 2.03. The highest BCUT2D eigenvalue weighted by atomic mass is 35.5. The standard InChI is InChI=1S/C23H12ClF4NO/c24-18-10-9-14(11-19(18)25)22(30)16-12-29-21-15(7-4-8-17(21)23(26,27)28)20(16)13-5-2-1-3-6-13/h1-12H. The Kier molecular flexibility index (Phi) is 5.03. The van der Waals surface area contributed by atoms with E-state index in [1.54, 1.807) is 30.3 Å². The zero-order valence-electron chi connectivity index (χ0n) is 15.2. The molecule has 2 nitrogen and oxygen atoms in total. The fourth-order valence-corrected chi connectivity index (χ4v) is 3.45. The van der Waals surface area contributed by atoms with E-state index in [0.29, 0.717) is 11.1 Å². The van der Waals surface area contributed by atoms with Crippen molar-refractivity contribution in [2.45, 2.75) is 6.18 Å². The molecule has 0 aliphatic heterocycles. The average Bonchev–Trinajstić information content (AvgIpc) is 2.73. The van der Waals surface area contributed by atoms with E-state index in [4.69, 9.17) is 11.6 Å². The van der Waals surface area contributed by atoms with E-state index in [1.165, 1.54) is 24.3 Å². The van der Waals surface area contributed by atoms with Gasteiger partial charge in [-0.05, 0) is 29.8 Å². The summed E-state index contributed by atoms with van der Waals surface area (Å²) in [5.74, 6) is -1.34. The fraction of sp³-hybridized carbons (Fsp3) is 0.0435. The Morgan fingerprint density at radius 1 is 0.933 bits per heavy atom. The van der Waals surface area contributed by atoms with Gasteiger partial charge in [0.05, 0.1) is 16.1 Å². The molecule has 0 aliphatic carbocycles. The number of benzene rings is 3. The number of carbonyl (C=O) groups excluding carboxylic acids is 1. The van der Waals surface area contributed by atoms with Crippen LogP contribution in [0.3, 0.4) is 0 Å². The number of halogens is 5. The molecule has 150 valence electrons. The second kappa shape index (κ2) is 7.54. The molecule has 0 fully saturated rings. The van der Waals surface area contributed by atoms with Crippen LogP contribution in [-0.4, -0.2) is 10.8 Å². The zero-order chi connectivity index (χ0) is 21.5. The van der Waals surface area contributed by atoms with Crippen molar-refractivity contribution < 1.29 is 22.4 Å². The van der Waals surface area contributed by atoms with E-state index in [0.717, 1.165) is 18.3 Å². The maximum atomic E-state index is 13.9. The summed E-state index contributed by atoms with van der Waals surface area (Å²) in [5.41, 5.74) is -0.234. The Labute approximate surface area is 173 Å². The van der Waals surface area contributed by atoms with Gasteiger partial charge in [-0.3, -0.25) is 9.78 Å². The zero-order valence-corrected chi connectivity index (χ0v) is 15.9. The van der Waals surface area contributed by atoms with Gasteiger partial charge in [0.15, 0.2) is 5.78 Å². The van der Waals surface area contributed by atoms with Crippen LogP contribution < -0.4 is 0 Å². The van der Waals surface area contributed by atoms with Crippen LogP contribution in [0.25, 0.3) is 22.0 Å². The number of pyridine rings is 1. The third kappa shape index (κ3) is 3.55. The van der Waals surface area contributed by atoms with Gasteiger partial charge in [0.1, 0.15) is 5.82 Å². The molecule has 3 aromatic carbocycles. The number of hydrogen-bond donors (Lipinski definition) is 0. The van der Waals surface area contributed by atoms with E-state index >= 15 is 0 Å². The van der Waals surface area contributed by atoms with Crippen molar-refractivity contribution in [3.8, 4) is 11.1 Å². The van der Waals surface area contributed by atoms with Crippen molar-refractivity contribution in [2.75, 3.05) is 0 Å². The number of para-hydroxylation sites is 1. The molecule has 0 atom stereocenters. The van der Waals surface area contributed by atoms with Gasteiger partial charge >= 0.3 is 6.18 Å². The lowest BCUT2D eigenvalue weighted by molar-refractivity contribution is -0.136. The van der Waals surface area contributed by atoms with Gasteiger partial charge in [-0.2, -0.15) is 13.2 Å². The lowest BCUT2D eigenvalue weighted by Crippen LogP contribution is -2.09. The topological polar surface area (TPSA) is 30.0 Å². The molecule has 0 spiro atoms. The normalized spacial score (nSPS) is 11.6. The quantitative estimate of drug-likeness (QED) is 0.261. The fourth-order valence-electron chi connectivity index (χ4n) is 3.33. The van der Waals surface area contributed by atoms with Gasteiger partial charge in [-0.15, -0.1) is 0 Å². The van der Waals surface area contributed by atoms with Crippen LogP contribution in [0.2, 0.25) is 5.02 Å². The first-order valence-electron chi connectivity index (χ1n) is 8.81. The summed E-state index contributed by atoms with van der Waals surface area (Å²) < 4.78 is 54.4. The molecule has 0 N–H and O–H groups in total. The van der Waals surface area contributed by atoms with E-state index < -0.39 is 23.3 Å². The predicted octanol–water partition coefficient (Wildman–Crippen LogP) is 6.94. The smallest absolute Gasteiger partial charge is 0.289 e. The molecule has 1 heterocycles. The second-order valence-electron chi connectivity index (χ2n) is 6.57. The number of hydrogen-bond acceptors (Lipinski definition) is 2. The third-order valence-electron chi connectivity index (χ3n) is 4.69. The SMILES string of the molecule is O=C(c1ccc(Cl)c(F)c1)c1cnc2c(C(F)(F)F)cccc2c1-c1ccccc1. The van der Waals surface area contributed by atoms with Crippen LogP contribution >= 0.6 is 11.6 Å². The molecule has 0 unspecified atom stereocenters. The number of rotatable bonds is 3. The summed E-state index contributed by atoms with van der Waals surface area (Å²) >= 11 is 5.69. The minimum Gasteiger partial charge on any atom is -0.289 e. The Morgan fingerprint density at radius 3 is 2.33 bits per heavy atom. The number of ketones is 1. The third-order valence-corrected chi connectivity index (χ3v) is 5.00. The Hall–Kier alpha value is -3.25. The molecule has 0 aliphatic rings. The molecular formula is C23H12ClF4NO. The average molecular weight is 430 g/mol. The molecule has 7 heteroatoms. The summed E-state index contributed by atoms with van der Waals surface area (Å²) in [5, 5.41) is 0.0394. The number of fused-ring (bicyclic) bond motifs is 1. The summed E-state index contributed by atoms with van der Waals surface area (Å²) in [4.78, 5) is 17.1. The van der Waals surface area contributed by atoms with Crippen LogP contribution in [0.4, 0.5) is 17.6 Å². The molecule has 30 heavy (non-hydrogen) atoms. The summed E-state index contributed by atoms with van der Waals surface area (Å²) in [6, 6.07) is 15.9. The number of aromatic nitrogens is 1. The number of carbonyl (C=O) groups is 1. The Morgan fingerprint density at radius 2 is 1.67 bits per heavy atom. The van der Waals surface area contributed by atoms with Crippen molar-refractivity contribution in [3.05, 3.63) is 100 Å². The lowest BCUT2D eigenvalue weighted by atomic mass is 9.91. The molecule has 1 aromatic heterocycles. The van der Waals surface area contributed by atoms with Gasteiger partial charge in [0.25, 0.3) is 0 Å². The molecule has 0 radical (unpaired) electrons. The van der Waals surface area contributed by atoms with Crippen molar-refractivity contribution in [1.82, 2.24) is 4.98 Å². The van der Waals surface area contributed by atoms with Gasteiger partial charge in [0, 0.05) is 28.3 Å². The molecule has 4 rings (SSSR count). The highest BCUT2D eigenvalue weighted by Gasteiger charge is 2.34. The van der Waals surface area contributed by atoms with Gasteiger partial charge < -0.3 is 0 Å². The van der Waals surface area contributed by atoms with Crippen LogP contribution in [0.15, 0.2) is 72.9 Å². The monoisotopic (exact) mass is 429 g/mol. The number of nitrogens with zero attached hydrogens (tertiary/aromatic N) is 1. The maximum absolute atomic E-state index is 13.9. The maximum Gasteiger partial charge on any atom is 0.418 e. The predicted molar refractivity (Wildman–Crippen MR) is 107 cm³/mol. The van der Waals surface area contributed by atoms with E-state index in [2.05, 4.69) is 4.98 Å². The van der Waals surface area contributed by atoms with Gasteiger partial charge in [-0.1, -0.05) is 54.1 Å². The van der Waals surface area contributed by atoms with Gasteiger partial charge in [-0.25, -0.2) is 4.39 Å². The van der Waals surface area contributed by atoms with Crippen molar-refractivity contribution >= 4 is 28.3 Å². The molecule has 0 amide bonds. The molecule has 0 saturated heterocycles. The number of alkyl halides is 3. The van der Waals surface area contributed by atoms with Crippen LogP contribution in [-0.2, 0) is 6.18 Å². The molecule has 0 saturated carbocycles. The van der Waals surface area contributed by atoms with Crippen LogP contribution in [0.5, 0.6) is 0 Å². The molecule has 0 bridgehead atoms. The largest absolute Gasteiger partial charge is 0.418 e. The minimum absolute atomic E-state index is 0.0159. The van der Waals surface area contributed by atoms with Crippen molar-refractivity contribution in [1.29, 1.82) is 0 Å². The Bertz CT molecular complexity index is 1270. The van der Waals surface area contributed by atoms with E-state index in [1.807, 2.05) is 0 Å². The summed E-state index contributed by atoms with van der Waals surface area (Å²) in [6.07, 6.45) is -3.50. The first-order valence-corrected chi connectivity index (χ1v) is 9.19. The van der Waals surface area contributed by atoms with Crippen molar-refractivity contribution in [3.63, 3.8) is 0 Å². The summed E-state index contributed by atoms with van der Waals surface area (Å²) in [7, 11) is 0. The first kappa shape index (κ1) is 20.0. The van der Waals surface area contributed by atoms with Crippen LogP contribution in [0, 0.1) is 5.82 Å².